The van der Waals surface area contributed by atoms with Crippen molar-refractivity contribution in [3.05, 3.63) is 35.4 Å². The van der Waals surface area contributed by atoms with E-state index in [0.717, 1.165) is 50.7 Å². The lowest BCUT2D eigenvalue weighted by molar-refractivity contribution is 0.0963. The zero-order valence-electron chi connectivity index (χ0n) is 16.3. The van der Waals surface area contributed by atoms with Crippen molar-refractivity contribution in [3.8, 4) is 0 Å². The molecular weight excluding hydrogens is 443 g/mol. The van der Waals surface area contributed by atoms with Crippen molar-refractivity contribution in [3.63, 3.8) is 0 Å². The fraction of sp³-hybridized carbons (Fsp3) is 0.579. The number of hydrogen-bond acceptors (Lipinski definition) is 3. The third kappa shape index (κ3) is 10.6. The monoisotopic (exact) mass is 476 g/mol. The summed E-state index contributed by atoms with van der Waals surface area (Å²) in [6, 6.07) is 7.67. The second-order valence-corrected chi connectivity index (χ2v) is 6.28. The van der Waals surface area contributed by atoms with Crippen LogP contribution in [-0.2, 0) is 11.2 Å². The third-order valence-corrected chi connectivity index (χ3v) is 3.56. The van der Waals surface area contributed by atoms with Crippen LogP contribution in [0.25, 0.3) is 0 Å². The topological polar surface area (TPSA) is 74.8 Å². The standard InChI is InChI=1S/C19H32N4O2.HI/c1-15(2)14-25-12-6-10-22-19(21-4)23-11-9-16-7-5-8-17(13-16)18(24)20-3;/h5,7-8,13,15H,6,9-12,14H2,1-4H3,(H,20,24)(H2,21,22,23);1H. The molecule has 0 aliphatic carbocycles. The lowest BCUT2D eigenvalue weighted by Crippen LogP contribution is -2.39. The van der Waals surface area contributed by atoms with Crippen molar-refractivity contribution in [2.45, 2.75) is 26.7 Å². The number of rotatable bonds is 10. The molecule has 6 nitrogen and oxygen atoms in total. The van der Waals surface area contributed by atoms with Crippen LogP contribution in [-0.4, -0.2) is 52.3 Å². The van der Waals surface area contributed by atoms with E-state index < -0.39 is 0 Å². The van der Waals surface area contributed by atoms with Crippen LogP contribution in [0.3, 0.4) is 0 Å². The summed E-state index contributed by atoms with van der Waals surface area (Å²) < 4.78 is 5.56. The summed E-state index contributed by atoms with van der Waals surface area (Å²) in [6.07, 6.45) is 1.77. The van der Waals surface area contributed by atoms with Crippen molar-refractivity contribution in [2.75, 3.05) is 40.4 Å². The van der Waals surface area contributed by atoms with Crippen LogP contribution in [0.2, 0.25) is 0 Å². The number of carbonyl (C=O) groups excluding carboxylic acids is 1. The van der Waals surface area contributed by atoms with Gasteiger partial charge in [0.05, 0.1) is 0 Å². The van der Waals surface area contributed by atoms with E-state index in [2.05, 4.69) is 34.8 Å². The molecule has 0 atom stereocenters. The number of amides is 1. The van der Waals surface area contributed by atoms with Crippen LogP contribution in [0.15, 0.2) is 29.3 Å². The number of nitrogens with zero attached hydrogens (tertiary/aromatic N) is 1. The van der Waals surface area contributed by atoms with Gasteiger partial charge in [0, 0.05) is 46.0 Å². The molecule has 1 aromatic carbocycles. The maximum atomic E-state index is 11.7. The number of aliphatic imine (C=N–C) groups is 1. The molecule has 0 aliphatic heterocycles. The number of carbonyl (C=O) groups is 1. The van der Waals surface area contributed by atoms with Gasteiger partial charge in [-0.2, -0.15) is 0 Å². The van der Waals surface area contributed by atoms with E-state index in [-0.39, 0.29) is 29.9 Å². The molecule has 26 heavy (non-hydrogen) atoms. The second-order valence-electron chi connectivity index (χ2n) is 6.28. The van der Waals surface area contributed by atoms with E-state index in [1.54, 1.807) is 14.1 Å². The SMILES string of the molecule is CN=C(NCCCOCC(C)C)NCCc1cccc(C(=O)NC)c1.I. The van der Waals surface area contributed by atoms with E-state index in [0.29, 0.717) is 11.5 Å². The van der Waals surface area contributed by atoms with Gasteiger partial charge in [0.2, 0.25) is 0 Å². The summed E-state index contributed by atoms with van der Waals surface area (Å²) >= 11 is 0. The highest BCUT2D eigenvalue weighted by atomic mass is 127. The van der Waals surface area contributed by atoms with Crippen LogP contribution in [0.1, 0.15) is 36.2 Å². The Morgan fingerprint density at radius 2 is 1.96 bits per heavy atom. The van der Waals surface area contributed by atoms with Crippen LogP contribution < -0.4 is 16.0 Å². The number of hydrogen-bond donors (Lipinski definition) is 3. The lowest BCUT2D eigenvalue weighted by Gasteiger charge is -2.12. The average molecular weight is 476 g/mol. The smallest absolute Gasteiger partial charge is 0.251 e. The Bertz CT molecular complexity index is 550. The Balaban J connectivity index is 0.00000625. The van der Waals surface area contributed by atoms with Crippen molar-refractivity contribution in [1.82, 2.24) is 16.0 Å². The highest BCUT2D eigenvalue weighted by molar-refractivity contribution is 14.0. The minimum absolute atomic E-state index is 0. The number of ether oxygens (including phenoxy) is 1. The number of guanidine groups is 1. The van der Waals surface area contributed by atoms with Crippen molar-refractivity contribution in [2.24, 2.45) is 10.9 Å². The molecule has 0 heterocycles. The molecule has 0 unspecified atom stereocenters. The zero-order valence-corrected chi connectivity index (χ0v) is 18.6. The van der Waals surface area contributed by atoms with Gasteiger partial charge < -0.3 is 20.7 Å². The van der Waals surface area contributed by atoms with Gasteiger partial charge in [-0.1, -0.05) is 26.0 Å². The van der Waals surface area contributed by atoms with Crippen LogP contribution in [0, 0.1) is 5.92 Å². The summed E-state index contributed by atoms with van der Waals surface area (Å²) in [5, 5.41) is 9.21. The molecule has 148 valence electrons. The predicted octanol–water partition coefficient (Wildman–Crippen LogP) is 2.43. The largest absolute Gasteiger partial charge is 0.381 e. The molecule has 0 fully saturated rings. The maximum Gasteiger partial charge on any atom is 0.251 e. The van der Waals surface area contributed by atoms with Crippen molar-refractivity contribution in [1.29, 1.82) is 0 Å². The van der Waals surface area contributed by atoms with Crippen LogP contribution in [0.5, 0.6) is 0 Å². The number of benzene rings is 1. The van der Waals surface area contributed by atoms with E-state index >= 15 is 0 Å². The van der Waals surface area contributed by atoms with Gasteiger partial charge in [0.15, 0.2) is 5.96 Å². The highest BCUT2D eigenvalue weighted by Gasteiger charge is 2.04. The van der Waals surface area contributed by atoms with E-state index in [4.69, 9.17) is 4.74 Å². The zero-order chi connectivity index (χ0) is 18.5. The number of halogens is 1. The van der Waals surface area contributed by atoms with Gasteiger partial charge in [-0.25, -0.2) is 0 Å². The molecule has 0 bridgehead atoms. The van der Waals surface area contributed by atoms with Crippen LogP contribution >= 0.6 is 24.0 Å². The molecule has 1 rings (SSSR count). The van der Waals surface area contributed by atoms with Gasteiger partial charge in [-0.3, -0.25) is 9.79 Å². The summed E-state index contributed by atoms with van der Waals surface area (Å²) in [5.74, 6) is 1.29. The fourth-order valence-electron chi connectivity index (χ4n) is 2.26. The van der Waals surface area contributed by atoms with Gasteiger partial charge in [-0.15, -0.1) is 24.0 Å². The first kappa shape index (κ1) is 24.7. The Kier molecular flexibility index (Phi) is 14.0. The average Bonchev–Trinajstić information content (AvgIpc) is 2.62. The first-order valence-electron chi connectivity index (χ1n) is 8.90. The molecule has 7 heteroatoms. The Morgan fingerprint density at radius 3 is 2.62 bits per heavy atom. The molecule has 0 aliphatic rings. The third-order valence-electron chi connectivity index (χ3n) is 3.56. The first-order valence-corrected chi connectivity index (χ1v) is 8.90. The molecule has 0 saturated heterocycles. The lowest BCUT2D eigenvalue weighted by atomic mass is 10.1. The summed E-state index contributed by atoms with van der Waals surface area (Å²) in [4.78, 5) is 15.9. The van der Waals surface area contributed by atoms with Gasteiger partial charge in [-0.05, 0) is 36.5 Å². The fourth-order valence-corrected chi connectivity index (χ4v) is 2.26. The Hall–Kier alpha value is -1.35. The van der Waals surface area contributed by atoms with Gasteiger partial charge in [0.25, 0.3) is 5.91 Å². The highest BCUT2D eigenvalue weighted by Crippen LogP contribution is 2.05. The Labute approximate surface area is 174 Å². The Morgan fingerprint density at radius 1 is 1.23 bits per heavy atom. The van der Waals surface area contributed by atoms with E-state index in [1.165, 1.54) is 0 Å². The molecule has 1 amide bonds. The quantitative estimate of drug-likeness (QED) is 0.210. The van der Waals surface area contributed by atoms with Crippen LogP contribution in [0.4, 0.5) is 0 Å². The summed E-state index contributed by atoms with van der Waals surface area (Å²) in [7, 11) is 3.40. The molecule has 0 radical (unpaired) electrons. The molecule has 1 aromatic rings. The maximum absolute atomic E-state index is 11.7. The van der Waals surface area contributed by atoms with Gasteiger partial charge >= 0.3 is 0 Å². The first-order chi connectivity index (χ1) is 12.1. The van der Waals surface area contributed by atoms with E-state index in [9.17, 15) is 4.79 Å². The molecule has 3 N–H and O–H groups in total. The minimum Gasteiger partial charge on any atom is -0.381 e. The van der Waals surface area contributed by atoms with Gasteiger partial charge in [0.1, 0.15) is 0 Å². The second kappa shape index (κ2) is 14.8. The molecule has 0 saturated carbocycles. The molecule has 0 spiro atoms. The van der Waals surface area contributed by atoms with E-state index in [1.807, 2.05) is 24.3 Å². The summed E-state index contributed by atoms with van der Waals surface area (Å²) in [6.45, 7) is 7.43. The van der Waals surface area contributed by atoms with Crippen molar-refractivity contribution >= 4 is 35.8 Å². The summed E-state index contributed by atoms with van der Waals surface area (Å²) in [5.41, 5.74) is 1.80. The molecule has 0 aromatic heterocycles. The number of nitrogens with one attached hydrogen (secondary N) is 3. The molecular formula is C19H33IN4O2. The normalized spacial score (nSPS) is 11.0. The minimum atomic E-state index is -0.0630. The van der Waals surface area contributed by atoms with Crippen molar-refractivity contribution < 1.29 is 9.53 Å². The predicted molar refractivity (Wildman–Crippen MR) is 119 cm³/mol.